The Labute approximate surface area is 187 Å². The van der Waals surface area contributed by atoms with Crippen LogP contribution in [0.2, 0.25) is 0 Å². The number of nitrogens with zero attached hydrogens (tertiary/aromatic N) is 1. The van der Waals surface area contributed by atoms with E-state index in [1.54, 1.807) is 0 Å². The molecular formula is C25H28N2O5. The molecule has 2 aromatic carbocycles. The largest absolute Gasteiger partial charge is 0.469 e. The third-order valence-corrected chi connectivity index (χ3v) is 5.31. The van der Waals surface area contributed by atoms with Crippen LogP contribution in [0.4, 0.5) is 0 Å². The topological polar surface area (TPSA) is 104 Å². The van der Waals surface area contributed by atoms with Crippen molar-refractivity contribution in [3.8, 4) is 22.6 Å². The van der Waals surface area contributed by atoms with Crippen molar-refractivity contribution in [2.75, 3.05) is 13.7 Å². The standard InChI is InChI=1S/C25H28N2O5/c1-17-23(25(26)30)24(21(12-13-22(29)31-2)27(17)14-7-15-28)18-8-6-11-20(16-18)32-19-9-4-3-5-10-19/h3-6,8-11,16,28H,7,12-15H2,1-2H3,(H2,26,30). The Balaban J connectivity index is 2.11. The third kappa shape index (κ3) is 5.18. The number of esters is 1. The van der Waals surface area contributed by atoms with Crippen molar-refractivity contribution in [1.29, 1.82) is 0 Å². The fraction of sp³-hybridized carbons (Fsp3) is 0.280. The Morgan fingerprint density at radius 2 is 1.78 bits per heavy atom. The summed E-state index contributed by atoms with van der Waals surface area (Å²) in [4.78, 5) is 24.3. The Bertz CT molecular complexity index is 1090. The van der Waals surface area contributed by atoms with E-state index in [0.717, 1.165) is 11.3 Å². The van der Waals surface area contributed by atoms with E-state index in [4.69, 9.17) is 15.2 Å². The minimum atomic E-state index is -0.547. The zero-order chi connectivity index (χ0) is 23.1. The summed E-state index contributed by atoms with van der Waals surface area (Å²) < 4.78 is 12.7. The van der Waals surface area contributed by atoms with Crippen LogP contribution in [0.5, 0.6) is 11.5 Å². The fourth-order valence-electron chi connectivity index (χ4n) is 3.86. The molecule has 0 bridgehead atoms. The molecule has 0 saturated carbocycles. The van der Waals surface area contributed by atoms with E-state index >= 15 is 0 Å². The number of benzene rings is 2. The maximum atomic E-state index is 12.5. The SMILES string of the molecule is COC(=O)CCc1c(-c2cccc(Oc3ccccc3)c2)c(C(N)=O)c(C)n1CCCO. The summed E-state index contributed by atoms with van der Waals surface area (Å²) in [6.45, 7) is 2.34. The lowest BCUT2D eigenvalue weighted by molar-refractivity contribution is -0.140. The average molecular weight is 437 g/mol. The van der Waals surface area contributed by atoms with E-state index in [-0.39, 0.29) is 19.0 Å². The van der Waals surface area contributed by atoms with Crippen LogP contribution in [0.1, 0.15) is 34.6 Å². The third-order valence-electron chi connectivity index (χ3n) is 5.31. The second-order valence-corrected chi connectivity index (χ2v) is 7.39. The molecule has 168 valence electrons. The van der Waals surface area contributed by atoms with Crippen LogP contribution >= 0.6 is 0 Å². The predicted molar refractivity (Wildman–Crippen MR) is 122 cm³/mol. The van der Waals surface area contributed by atoms with E-state index in [2.05, 4.69) is 0 Å². The highest BCUT2D eigenvalue weighted by atomic mass is 16.5. The first-order valence-corrected chi connectivity index (χ1v) is 10.5. The molecule has 0 aliphatic rings. The molecule has 0 fully saturated rings. The molecule has 3 rings (SSSR count). The molecule has 0 aliphatic carbocycles. The quantitative estimate of drug-likeness (QED) is 0.470. The molecule has 7 heteroatoms. The number of methoxy groups -OCH3 is 1. The lowest BCUT2D eigenvalue weighted by Crippen LogP contribution is -2.13. The molecule has 0 aliphatic heterocycles. The second-order valence-electron chi connectivity index (χ2n) is 7.39. The Kier molecular flexibility index (Phi) is 7.68. The number of amides is 1. The van der Waals surface area contributed by atoms with Crippen LogP contribution in [0, 0.1) is 6.92 Å². The molecule has 0 radical (unpaired) electrons. The van der Waals surface area contributed by atoms with E-state index < -0.39 is 5.91 Å². The highest BCUT2D eigenvalue weighted by Gasteiger charge is 2.25. The summed E-state index contributed by atoms with van der Waals surface area (Å²) in [6, 6.07) is 16.8. The minimum absolute atomic E-state index is 0.00962. The smallest absolute Gasteiger partial charge is 0.305 e. The molecule has 0 saturated heterocycles. The van der Waals surface area contributed by atoms with Crippen molar-refractivity contribution in [3.05, 3.63) is 71.5 Å². The van der Waals surface area contributed by atoms with Gasteiger partial charge < -0.3 is 24.9 Å². The average Bonchev–Trinajstić information content (AvgIpc) is 3.08. The van der Waals surface area contributed by atoms with Crippen LogP contribution in [0.25, 0.3) is 11.1 Å². The molecule has 3 aromatic rings. The number of carbonyl (C=O) groups excluding carboxylic acids is 2. The number of aliphatic hydroxyl groups excluding tert-OH is 1. The molecule has 32 heavy (non-hydrogen) atoms. The number of aliphatic hydroxyl groups is 1. The van der Waals surface area contributed by atoms with Gasteiger partial charge in [0.2, 0.25) is 0 Å². The maximum Gasteiger partial charge on any atom is 0.305 e. The van der Waals surface area contributed by atoms with Gasteiger partial charge in [0.1, 0.15) is 11.5 Å². The van der Waals surface area contributed by atoms with Crippen LogP contribution in [0.15, 0.2) is 54.6 Å². The van der Waals surface area contributed by atoms with Crippen molar-refractivity contribution in [2.24, 2.45) is 5.73 Å². The Morgan fingerprint density at radius 1 is 1.06 bits per heavy atom. The monoisotopic (exact) mass is 436 g/mol. The van der Waals surface area contributed by atoms with E-state index in [0.29, 0.717) is 47.7 Å². The van der Waals surface area contributed by atoms with Crippen molar-refractivity contribution in [2.45, 2.75) is 32.7 Å². The van der Waals surface area contributed by atoms with E-state index in [1.165, 1.54) is 7.11 Å². The predicted octanol–water partition coefficient (Wildman–Crippen LogP) is 3.84. The van der Waals surface area contributed by atoms with Crippen molar-refractivity contribution < 1.29 is 24.2 Å². The molecule has 1 heterocycles. The van der Waals surface area contributed by atoms with Crippen LogP contribution < -0.4 is 10.5 Å². The van der Waals surface area contributed by atoms with Gasteiger partial charge >= 0.3 is 5.97 Å². The fourth-order valence-corrected chi connectivity index (χ4v) is 3.86. The van der Waals surface area contributed by atoms with E-state index in [1.807, 2.05) is 66.1 Å². The van der Waals surface area contributed by atoms with Crippen molar-refractivity contribution in [1.82, 2.24) is 4.57 Å². The number of nitrogens with two attached hydrogens (primary N) is 1. The van der Waals surface area contributed by atoms with Gasteiger partial charge in [-0.1, -0.05) is 30.3 Å². The van der Waals surface area contributed by atoms with Crippen LogP contribution in [0.3, 0.4) is 0 Å². The summed E-state index contributed by atoms with van der Waals surface area (Å²) >= 11 is 0. The molecule has 1 amide bonds. The molecule has 1 aromatic heterocycles. The zero-order valence-corrected chi connectivity index (χ0v) is 18.3. The van der Waals surface area contributed by atoms with Gasteiger partial charge in [0, 0.05) is 30.1 Å². The van der Waals surface area contributed by atoms with Crippen molar-refractivity contribution >= 4 is 11.9 Å². The molecule has 3 N–H and O–H groups in total. The second kappa shape index (κ2) is 10.6. The molecule has 0 unspecified atom stereocenters. The molecule has 7 nitrogen and oxygen atoms in total. The first kappa shape index (κ1) is 23.1. The van der Waals surface area contributed by atoms with E-state index in [9.17, 15) is 14.7 Å². The number of ether oxygens (including phenoxy) is 2. The number of hydrogen-bond donors (Lipinski definition) is 2. The highest BCUT2D eigenvalue weighted by Crippen LogP contribution is 2.36. The van der Waals surface area contributed by atoms with Gasteiger partial charge in [-0.25, -0.2) is 0 Å². The minimum Gasteiger partial charge on any atom is -0.469 e. The lowest BCUT2D eigenvalue weighted by Gasteiger charge is -2.13. The highest BCUT2D eigenvalue weighted by molar-refractivity contribution is 6.02. The van der Waals surface area contributed by atoms with Gasteiger partial charge in [0.05, 0.1) is 19.1 Å². The van der Waals surface area contributed by atoms with Gasteiger partial charge in [-0.15, -0.1) is 0 Å². The molecule has 0 spiro atoms. The number of hydrogen-bond acceptors (Lipinski definition) is 5. The number of aromatic nitrogens is 1. The Hall–Kier alpha value is -3.58. The van der Waals surface area contributed by atoms with Gasteiger partial charge in [-0.3, -0.25) is 9.59 Å². The number of para-hydroxylation sites is 1. The number of carbonyl (C=O) groups is 2. The van der Waals surface area contributed by atoms with Crippen LogP contribution in [-0.2, 0) is 22.5 Å². The lowest BCUT2D eigenvalue weighted by atomic mass is 9.97. The molecular weight excluding hydrogens is 408 g/mol. The van der Waals surface area contributed by atoms with Gasteiger partial charge in [0.15, 0.2) is 0 Å². The normalized spacial score (nSPS) is 10.7. The maximum absolute atomic E-state index is 12.5. The number of rotatable bonds is 10. The first-order chi connectivity index (χ1) is 15.5. The first-order valence-electron chi connectivity index (χ1n) is 10.5. The Morgan fingerprint density at radius 3 is 2.44 bits per heavy atom. The molecule has 0 atom stereocenters. The summed E-state index contributed by atoms with van der Waals surface area (Å²) in [7, 11) is 1.35. The summed E-state index contributed by atoms with van der Waals surface area (Å²) in [5.74, 6) is 0.422. The summed E-state index contributed by atoms with van der Waals surface area (Å²) in [5, 5.41) is 9.35. The van der Waals surface area contributed by atoms with Crippen molar-refractivity contribution in [3.63, 3.8) is 0 Å². The zero-order valence-electron chi connectivity index (χ0n) is 18.3. The summed E-state index contributed by atoms with van der Waals surface area (Å²) in [5.41, 5.74) is 9.13. The number of primary amides is 1. The van der Waals surface area contributed by atoms with Crippen LogP contribution in [-0.4, -0.2) is 35.3 Å². The summed E-state index contributed by atoms with van der Waals surface area (Å²) in [6.07, 6.45) is 1.03. The van der Waals surface area contributed by atoms with Gasteiger partial charge in [-0.05, 0) is 49.6 Å². The van der Waals surface area contributed by atoms with Gasteiger partial charge in [0.25, 0.3) is 5.91 Å². The van der Waals surface area contributed by atoms with Gasteiger partial charge in [-0.2, -0.15) is 0 Å².